The van der Waals surface area contributed by atoms with Crippen molar-refractivity contribution >= 4 is 11.6 Å². The van der Waals surface area contributed by atoms with Crippen LogP contribution in [0.2, 0.25) is 0 Å². The maximum Gasteiger partial charge on any atom is 0.274 e. The SMILES string of the molecule is CCCc1ccc(C(C)=NNC(=O)c2ccoc2C)cc1. The standard InChI is InChI=1S/C17H20N2O2/c1-4-5-14-6-8-15(9-7-14)12(2)18-19-17(20)16-10-11-21-13(16)3/h6-11H,4-5H2,1-3H3,(H,19,20). The summed E-state index contributed by atoms with van der Waals surface area (Å²) in [4.78, 5) is 11.9. The molecule has 0 fully saturated rings. The Hall–Kier alpha value is -2.36. The van der Waals surface area contributed by atoms with Crippen molar-refractivity contribution in [2.45, 2.75) is 33.6 Å². The fourth-order valence-electron chi connectivity index (χ4n) is 2.08. The van der Waals surface area contributed by atoms with E-state index in [0.29, 0.717) is 11.3 Å². The van der Waals surface area contributed by atoms with Crippen molar-refractivity contribution in [1.29, 1.82) is 0 Å². The Labute approximate surface area is 124 Å². The second-order valence-corrected chi connectivity index (χ2v) is 4.98. The van der Waals surface area contributed by atoms with Gasteiger partial charge in [0.15, 0.2) is 0 Å². The monoisotopic (exact) mass is 284 g/mol. The quantitative estimate of drug-likeness (QED) is 0.672. The van der Waals surface area contributed by atoms with Gasteiger partial charge in [-0.25, -0.2) is 5.43 Å². The first-order valence-corrected chi connectivity index (χ1v) is 7.10. The number of nitrogens with zero attached hydrogens (tertiary/aromatic N) is 1. The molecule has 0 aliphatic rings. The summed E-state index contributed by atoms with van der Waals surface area (Å²) in [5.41, 5.74) is 6.14. The van der Waals surface area contributed by atoms with E-state index in [-0.39, 0.29) is 5.91 Å². The van der Waals surface area contributed by atoms with Crippen molar-refractivity contribution in [2.24, 2.45) is 5.10 Å². The summed E-state index contributed by atoms with van der Waals surface area (Å²) in [5.74, 6) is 0.326. The van der Waals surface area contributed by atoms with Gasteiger partial charge in [0.2, 0.25) is 0 Å². The summed E-state index contributed by atoms with van der Waals surface area (Å²) in [6.07, 6.45) is 3.70. The average molecular weight is 284 g/mol. The summed E-state index contributed by atoms with van der Waals surface area (Å²) in [6, 6.07) is 9.88. The van der Waals surface area contributed by atoms with Gasteiger partial charge >= 0.3 is 0 Å². The van der Waals surface area contributed by atoms with E-state index in [0.717, 1.165) is 24.1 Å². The second-order valence-electron chi connectivity index (χ2n) is 4.98. The third-order valence-electron chi connectivity index (χ3n) is 3.34. The number of hydrogen-bond donors (Lipinski definition) is 1. The fraction of sp³-hybridized carbons (Fsp3) is 0.294. The van der Waals surface area contributed by atoms with Crippen LogP contribution in [0.4, 0.5) is 0 Å². The molecule has 0 spiro atoms. The Morgan fingerprint density at radius 1 is 1.24 bits per heavy atom. The number of carbonyl (C=O) groups excluding carboxylic acids is 1. The lowest BCUT2D eigenvalue weighted by Gasteiger charge is -2.04. The summed E-state index contributed by atoms with van der Waals surface area (Å²) in [5, 5.41) is 4.14. The zero-order valence-corrected chi connectivity index (χ0v) is 12.6. The molecule has 1 amide bonds. The minimum absolute atomic E-state index is 0.261. The number of furan rings is 1. The first-order chi connectivity index (χ1) is 10.1. The van der Waals surface area contributed by atoms with E-state index in [9.17, 15) is 4.79 Å². The van der Waals surface area contributed by atoms with Gasteiger partial charge in [-0.2, -0.15) is 5.10 Å². The Morgan fingerprint density at radius 3 is 2.52 bits per heavy atom. The van der Waals surface area contributed by atoms with E-state index in [4.69, 9.17) is 4.42 Å². The highest BCUT2D eigenvalue weighted by atomic mass is 16.3. The minimum Gasteiger partial charge on any atom is -0.469 e. The number of hydrogen-bond acceptors (Lipinski definition) is 3. The van der Waals surface area contributed by atoms with Crippen LogP contribution in [0.25, 0.3) is 0 Å². The first kappa shape index (κ1) is 15.0. The highest BCUT2D eigenvalue weighted by Crippen LogP contribution is 2.09. The molecule has 21 heavy (non-hydrogen) atoms. The molecule has 0 saturated carbocycles. The van der Waals surface area contributed by atoms with Crippen molar-refractivity contribution in [3.05, 3.63) is 59.0 Å². The Kier molecular flexibility index (Phi) is 4.93. The normalized spacial score (nSPS) is 11.5. The smallest absolute Gasteiger partial charge is 0.274 e. The van der Waals surface area contributed by atoms with Crippen LogP contribution in [-0.4, -0.2) is 11.6 Å². The molecule has 2 rings (SSSR count). The van der Waals surface area contributed by atoms with Gasteiger partial charge in [-0.05, 0) is 37.5 Å². The molecule has 0 aliphatic heterocycles. The van der Waals surface area contributed by atoms with Gasteiger partial charge in [-0.1, -0.05) is 37.6 Å². The van der Waals surface area contributed by atoms with Crippen molar-refractivity contribution in [1.82, 2.24) is 5.43 Å². The van der Waals surface area contributed by atoms with E-state index in [1.807, 2.05) is 19.1 Å². The topological polar surface area (TPSA) is 54.6 Å². The van der Waals surface area contributed by atoms with Crippen molar-refractivity contribution < 1.29 is 9.21 Å². The number of benzene rings is 1. The molecule has 0 bridgehead atoms. The van der Waals surface area contributed by atoms with Crippen LogP contribution in [0.5, 0.6) is 0 Å². The molecule has 0 radical (unpaired) electrons. The number of nitrogens with one attached hydrogen (secondary N) is 1. The molecule has 1 N–H and O–H groups in total. The van der Waals surface area contributed by atoms with Crippen LogP contribution in [0.15, 0.2) is 46.1 Å². The lowest BCUT2D eigenvalue weighted by atomic mass is 10.1. The number of hydrazone groups is 1. The van der Waals surface area contributed by atoms with Gasteiger partial charge in [0.05, 0.1) is 17.5 Å². The van der Waals surface area contributed by atoms with E-state index >= 15 is 0 Å². The van der Waals surface area contributed by atoms with Gasteiger partial charge in [0.1, 0.15) is 5.76 Å². The number of carbonyl (C=O) groups is 1. The van der Waals surface area contributed by atoms with Gasteiger partial charge in [-0.15, -0.1) is 0 Å². The van der Waals surface area contributed by atoms with Crippen molar-refractivity contribution in [3.8, 4) is 0 Å². The predicted octanol–water partition coefficient (Wildman–Crippen LogP) is 3.69. The molecule has 0 unspecified atom stereocenters. The van der Waals surface area contributed by atoms with E-state index < -0.39 is 0 Å². The van der Waals surface area contributed by atoms with Gasteiger partial charge in [0, 0.05) is 0 Å². The molecule has 0 atom stereocenters. The third kappa shape index (κ3) is 3.81. The maximum absolute atomic E-state index is 11.9. The van der Waals surface area contributed by atoms with Gasteiger partial charge in [-0.3, -0.25) is 4.79 Å². The maximum atomic E-state index is 11.9. The molecule has 1 aromatic carbocycles. The van der Waals surface area contributed by atoms with Crippen LogP contribution >= 0.6 is 0 Å². The van der Waals surface area contributed by atoms with Crippen LogP contribution in [0.1, 0.15) is 47.5 Å². The highest BCUT2D eigenvalue weighted by molar-refractivity contribution is 6.01. The zero-order chi connectivity index (χ0) is 15.2. The third-order valence-corrected chi connectivity index (χ3v) is 3.34. The molecular formula is C17H20N2O2. The van der Waals surface area contributed by atoms with E-state index in [2.05, 4.69) is 29.6 Å². The Balaban J connectivity index is 2.04. The summed E-state index contributed by atoms with van der Waals surface area (Å²) in [7, 11) is 0. The first-order valence-electron chi connectivity index (χ1n) is 7.10. The van der Waals surface area contributed by atoms with Crippen molar-refractivity contribution in [2.75, 3.05) is 0 Å². The van der Waals surface area contributed by atoms with Crippen LogP contribution in [-0.2, 0) is 6.42 Å². The summed E-state index contributed by atoms with van der Waals surface area (Å²) < 4.78 is 5.10. The van der Waals surface area contributed by atoms with Crippen LogP contribution in [0.3, 0.4) is 0 Å². The fourth-order valence-corrected chi connectivity index (χ4v) is 2.08. The second kappa shape index (κ2) is 6.88. The molecule has 2 aromatic rings. The Bertz CT molecular complexity index is 639. The highest BCUT2D eigenvalue weighted by Gasteiger charge is 2.10. The number of rotatable bonds is 5. The van der Waals surface area contributed by atoms with Gasteiger partial charge in [0.25, 0.3) is 5.91 Å². The predicted molar refractivity (Wildman–Crippen MR) is 83.6 cm³/mol. The molecule has 4 heteroatoms. The number of aryl methyl sites for hydroxylation is 2. The Morgan fingerprint density at radius 2 is 1.95 bits per heavy atom. The van der Waals surface area contributed by atoms with E-state index in [1.54, 1.807) is 13.0 Å². The minimum atomic E-state index is -0.261. The van der Waals surface area contributed by atoms with Crippen molar-refractivity contribution in [3.63, 3.8) is 0 Å². The molecule has 110 valence electrons. The summed E-state index contributed by atoms with van der Waals surface area (Å²) in [6.45, 7) is 5.78. The van der Waals surface area contributed by atoms with E-state index in [1.165, 1.54) is 11.8 Å². The summed E-state index contributed by atoms with van der Waals surface area (Å²) >= 11 is 0. The van der Waals surface area contributed by atoms with Crippen LogP contribution in [0, 0.1) is 6.92 Å². The lowest BCUT2D eigenvalue weighted by molar-refractivity contribution is 0.0953. The molecule has 0 aliphatic carbocycles. The van der Waals surface area contributed by atoms with Crippen LogP contribution < -0.4 is 5.43 Å². The molecule has 4 nitrogen and oxygen atoms in total. The molecule has 1 heterocycles. The molecule has 0 saturated heterocycles. The van der Waals surface area contributed by atoms with Gasteiger partial charge < -0.3 is 4.42 Å². The largest absolute Gasteiger partial charge is 0.469 e. The average Bonchev–Trinajstić information content (AvgIpc) is 2.92. The molecule has 1 aromatic heterocycles. The number of amides is 1. The lowest BCUT2D eigenvalue weighted by Crippen LogP contribution is -2.19. The zero-order valence-electron chi connectivity index (χ0n) is 12.6. The molecular weight excluding hydrogens is 264 g/mol.